The van der Waals surface area contributed by atoms with Gasteiger partial charge in [-0.25, -0.2) is 9.18 Å². The minimum absolute atomic E-state index is 0.0178. The van der Waals surface area contributed by atoms with Crippen LogP contribution >= 0.6 is 0 Å². The van der Waals surface area contributed by atoms with Crippen LogP contribution in [0.4, 0.5) is 4.39 Å². The van der Waals surface area contributed by atoms with Crippen LogP contribution in [0.1, 0.15) is 27.5 Å². The van der Waals surface area contributed by atoms with Gasteiger partial charge in [0.1, 0.15) is 5.82 Å². The molecule has 0 spiro atoms. The van der Waals surface area contributed by atoms with Crippen LogP contribution in [0.25, 0.3) is 10.8 Å². The number of pyridine rings is 1. The number of carboxylic acid groups (broad SMARTS) is 1. The van der Waals surface area contributed by atoms with Gasteiger partial charge in [-0.05, 0) is 19.9 Å². The van der Waals surface area contributed by atoms with E-state index in [1.807, 2.05) is 0 Å². The summed E-state index contributed by atoms with van der Waals surface area (Å²) < 4.78 is 20.4. The van der Waals surface area contributed by atoms with E-state index >= 15 is 0 Å². The standard InChI is InChI=1S/C16H13FN2O4/c1-8-6-10(23-18-8)7-19-9(2)13(16(21)22)11-4-3-5-12(17)14(11)15(19)20/h3-6H,7H2,1-2H3,(H,21,22). The first-order chi connectivity index (χ1) is 10.9. The summed E-state index contributed by atoms with van der Waals surface area (Å²) >= 11 is 0. The molecule has 118 valence electrons. The van der Waals surface area contributed by atoms with Crippen molar-refractivity contribution in [1.29, 1.82) is 0 Å². The Kier molecular flexibility index (Phi) is 3.48. The molecule has 0 atom stereocenters. The van der Waals surface area contributed by atoms with Crippen LogP contribution in [-0.2, 0) is 6.54 Å². The van der Waals surface area contributed by atoms with Gasteiger partial charge in [-0.1, -0.05) is 17.3 Å². The lowest BCUT2D eigenvalue weighted by Gasteiger charge is -2.14. The molecule has 0 amide bonds. The molecule has 3 aromatic rings. The average Bonchev–Trinajstić information content (AvgIpc) is 2.88. The first-order valence-electron chi connectivity index (χ1n) is 6.87. The minimum atomic E-state index is -1.22. The number of halogens is 1. The van der Waals surface area contributed by atoms with E-state index in [-0.39, 0.29) is 28.6 Å². The molecule has 0 unspecified atom stereocenters. The van der Waals surface area contributed by atoms with Gasteiger partial charge in [0, 0.05) is 17.1 Å². The van der Waals surface area contributed by atoms with Crippen molar-refractivity contribution in [2.45, 2.75) is 20.4 Å². The van der Waals surface area contributed by atoms with Gasteiger partial charge in [0.2, 0.25) is 0 Å². The van der Waals surface area contributed by atoms with Crippen molar-refractivity contribution in [1.82, 2.24) is 9.72 Å². The lowest BCUT2D eigenvalue weighted by atomic mass is 10.0. The second-order valence-electron chi connectivity index (χ2n) is 5.25. The number of aromatic carboxylic acids is 1. The van der Waals surface area contributed by atoms with Gasteiger partial charge in [-0.3, -0.25) is 4.79 Å². The van der Waals surface area contributed by atoms with E-state index in [0.717, 1.165) is 6.07 Å². The zero-order valence-corrected chi connectivity index (χ0v) is 12.5. The number of benzene rings is 1. The smallest absolute Gasteiger partial charge is 0.338 e. The highest BCUT2D eigenvalue weighted by atomic mass is 19.1. The number of fused-ring (bicyclic) bond motifs is 1. The summed E-state index contributed by atoms with van der Waals surface area (Å²) in [5.74, 6) is -1.59. The molecular weight excluding hydrogens is 303 g/mol. The number of carboxylic acids is 1. The van der Waals surface area contributed by atoms with Crippen LogP contribution in [0.3, 0.4) is 0 Å². The molecule has 0 saturated heterocycles. The van der Waals surface area contributed by atoms with Crippen LogP contribution in [-0.4, -0.2) is 20.8 Å². The molecular formula is C16H13FN2O4. The maximum Gasteiger partial charge on any atom is 0.338 e. The van der Waals surface area contributed by atoms with E-state index in [0.29, 0.717) is 11.5 Å². The van der Waals surface area contributed by atoms with Crippen LogP contribution in [0.5, 0.6) is 0 Å². The third-order valence-electron chi connectivity index (χ3n) is 3.71. The molecule has 0 fully saturated rings. The van der Waals surface area contributed by atoms with Crippen LogP contribution in [0.2, 0.25) is 0 Å². The van der Waals surface area contributed by atoms with Crippen molar-refractivity contribution in [2.75, 3.05) is 0 Å². The molecule has 0 aliphatic heterocycles. The van der Waals surface area contributed by atoms with E-state index < -0.39 is 17.3 Å². The van der Waals surface area contributed by atoms with Crippen LogP contribution in [0.15, 0.2) is 33.6 Å². The van der Waals surface area contributed by atoms with E-state index in [1.54, 1.807) is 13.0 Å². The van der Waals surface area contributed by atoms with Crippen LogP contribution in [0, 0.1) is 19.7 Å². The largest absolute Gasteiger partial charge is 0.478 e. The number of aromatic nitrogens is 2. The highest BCUT2D eigenvalue weighted by molar-refractivity contribution is 6.04. The second kappa shape index (κ2) is 5.35. The molecule has 0 aliphatic rings. The van der Waals surface area contributed by atoms with Crippen molar-refractivity contribution in [3.05, 3.63) is 63.1 Å². The Morgan fingerprint density at radius 3 is 2.74 bits per heavy atom. The zero-order chi connectivity index (χ0) is 16.7. The molecule has 6 nitrogen and oxygen atoms in total. The first-order valence-corrected chi connectivity index (χ1v) is 6.87. The fourth-order valence-electron chi connectivity index (χ4n) is 2.67. The molecule has 1 aromatic carbocycles. The normalized spacial score (nSPS) is 11.1. The monoisotopic (exact) mass is 316 g/mol. The summed E-state index contributed by atoms with van der Waals surface area (Å²) in [4.78, 5) is 24.2. The number of hydrogen-bond acceptors (Lipinski definition) is 4. The fraction of sp³-hybridized carbons (Fsp3) is 0.188. The van der Waals surface area contributed by atoms with Gasteiger partial charge >= 0.3 is 5.97 Å². The first kappa shape index (κ1) is 15.0. The van der Waals surface area contributed by atoms with E-state index in [4.69, 9.17) is 4.52 Å². The SMILES string of the molecule is Cc1cc(Cn2c(C)c(C(=O)O)c3cccc(F)c3c2=O)on1. The van der Waals surface area contributed by atoms with Crippen LogP contribution < -0.4 is 5.56 Å². The molecule has 23 heavy (non-hydrogen) atoms. The van der Waals surface area contributed by atoms with Gasteiger partial charge in [0.25, 0.3) is 5.56 Å². The highest BCUT2D eigenvalue weighted by Crippen LogP contribution is 2.22. The lowest BCUT2D eigenvalue weighted by molar-refractivity contribution is 0.0697. The summed E-state index contributed by atoms with van der Waals surface area (Å²) in [5.41, 5.74) is 0.163. The molecule has 0 saturated carbocycles. The van der Waals surface area contributed by atoms with E-state index in [2.05, 4.69) is 5.16 Å². The Morgan fingerprint density at radius 1 is 1.39 bits per heavy atom. The molecule has 0 bridgehead atoms. The maximum absolute atomic E-state index is 14.1. The average molecular weight is 316 g/mol. The Labute approximate surface area is 129 Å². The van der Waals surface area contributed by atoms with Crippen molar-refractivity contribution < 1.29 is 18.8 Å². The number of aryl methyl sites for hydroxylation is 1. The number of hydrogen-bond donors (Lipinski definition) is 1. The van der Waals surface area contributed by atoms with E-state index in [1.165, 1.54) is 23.6 Å². The molecule has 2 aromatic heterocycles. The lowest BCUT2D eigenvalue weighted by Crippen LogP contribution is -2.26. The summed E-state index contributed by atoms with van der Waals surface area (Å²) in [7, 11) is 0. The highest BCUT2D eigenvalue weighted by Gasteiger charge is 2.21. The minimum Gasteiger partial charge on any atom is -0.478 e. The van der Waals surface area contributed by atoms with Crippen molar-refractivity contribution in [3.8, 4) is 0 Å². The number of nitrogens with zero attached hydrogens (tertiary/aromatic N) is 2. The molecule has 1 N–H and O–H groups in total. The molecule has 0 aliphatic carbocycles. The van der Waals surface area contributed by atoms with Gasteiger partial charge in [-0.2, -0.15) is 0 Å². The zero-order valence-electron chi connectivity index (χ0n) is 12.5. The van der Waals surface area contributed by atoms with Crippen molar-refractivity contribution in [3.63, 3.8) is 0 Å². The number of rotatable bonds is 3. The van der Waals surface area contributed by atoms with Gasteiger partial charge in [0.05, 0.1) is 23.2 Å². The fourth-order valence-corrected chi connectivity index (χ4v) is 2.67. The summed E-state index contributed by atoms with van der Waals surface area (Å²) in [5, 5.41) is 13.0. The van der Waals surface area contributed by atoms with Gasteiger partial charge in [-0.15, -0.1) is 0 Å². The topological polar surface area (TPSA) is 85.3 Å². The summed E-state index contributed by atoms with van der Waals surface area (Å²) in [6.45, 7) is 3.22. The third-order valence-corrected chi connectivity index (χ3v) is 3.71. The van der Waals surface area contributed by atoms with Crippen molar-refractivity contribution in [2.24, 2.45) is 0 Å². The van der Waals surface area contributed by atoms with Gasteiger partial charge in [0.15, 0.2) is 5.76 Å². The summed E-state index contributed by atoms with van der Waals surface area (Å²) in [6.07, 6.45) is 0. The summed E-state index contributed by atoms with van der Waals surface area (Å²) in [6, 6.07) is 5.58. The Bertz CT molecular complexity index is 988. The Morgan fingerprint density at radius 2 is 2.13 bits per heavy atom. The predicted octanol–water partition coefficient (Wildman–Crippen LogP) is 2.49. The molecule has 3 rings (SSSR count). The molecule has 7 heteroatoms. The van der Waals surface area contributed by atoms with Crippen molar-refractivity contribution >= 4 is 16.7 Å². The third kappa shape index (κ3) is 2.40. The Balaban J connectivity index is 2.35. The second-order valence-corrected chi connectivity index (χ2v) is 5.25. The quantitative estimate of drug-likeness (QED) is 0.802. The maximum atomic E-state index is 14.1. The number of carbonyl (C=O) groups is 1. The molecule has 0 radical (unpaired) electrons. The predicted molar refractivity (Wildman–Crippen MR) is 80.2 cm³/mol. The Hall–Kier alpha value is -2.96. The van der Waals surface area contributed by atoms with E-state index in [9.17, 15) is 19.1 Å². The molecule has 2 heterocycles. The van der Waals surface area contributed by atoms with Gasteiger partial charge < -0.3 is 14.2 Å².